The minimum absolute atomic E-state index is 0.340. The Morgan fingerprint density at radius 1 is 1.11 bits per heavy atom. The average Bonchev–Trinajstić information content (AvgIpc) is 3.30. The number of fused-ring (bicyclic) bond motifs is 1. The first kappa shape index (κ1) is 18.0. The predicted molar refractivity (Wildman–Crippen MR) is 107 cm³/mol. The molecule has 0 amide bonds. The lowest BCUT2D eigenvalue weighted by Crippen LogP contribution is -3.08. The molecule has 0 radical (unpaired) electrons. The van der Waals surface area contributed by atoms with Crippen LogP contribution in [-0.4, -0.2) is 0 Å². The molecule has 0 saturated heterocycles. The molecule has 0 aliphatic carbocycles. The van der Waals surface area contributed by atoms with E-state index < -0.39 is 0 Å². The van der Waals surface area contributed by atoms with E-state index in [2.05, 4.69) is 17.5 Å². The molecule has 0 bridgehead atoms. The van der Waals surface area contributed by atoms with Crippen LogP contribution in [0.3, 0.4) is 0 Å². The van der Waals surface area contributed by atoms with Crippen molar-refractivity contribution in [2.45, 2.75) is 26.6 Å². The summed E-state index contributed by atoms with van der Waals surface area (Å²) in [6, 6.07) is 13.3. The average molecular weight is 401 g/mol. The third-order valence-electron chi connectivity index (χ3n) is 4.56. The maximum absolute atomic E-state index is 12.1. The lowest BCUT2D eigenvalue weighted by Gasteiger charge is -2.19. The molecule has 4 nitrogen and oxygen atoms in total. The van der Waals surface area contributed by atoms with Gasteiger partial charge in [-0.25, -0.2) is 4.79 Å². The summed E-state index contributed by atoms with van der Waals surface area (Å²) in [6.45, 7) is 4.14. The molecule has 1 unspecified atom stereocenters. The first-order valence-electron chi connectivity index (χ1n) is 8.70. The highest BCUT2D eigenvalue weighted by Crippen LogP contribution is 2.25. The number of furan rings is 1. The SMILES string of the molecule is Cc1cc2oc(=O)cc(C[NH+](Cc3ccco3)Cc3cccs3)c2cc1Cl. The fourth-order valence-electron chi connectivity index (χ4n) is 3.27. The molecular formula is C21H19ClNO3S+. The van der Waals surface area contributed by atoms with E-state index in [1.165, 1.54) is 9.78 Å². The minimum atomic E-state index is -0.340. The van der Waals surface area contributed by atoms with Gasteiger partial charge < -0.3 is 13.7 Å². The van der Waals surface area contributed by atoms with Crippen molar-refractivity contribution in [2.24, 2.45) is 0 Å². The summed E-state index contributed by atoms with van der Waals surface area (Å²) in [5.74, 6) is 0.919. The molecule has 1 aromatic carbocycles. The summed E-state index contributed by atoms with van der Waals surface area (Å²) >= 11 is 8.06. The number of thiophene rings is 1. The summed E-state index contributed by atoms with van der Waals surface area (Å²) in [4.78, 5) is 14.7. The summed E-state index contributed by atoms with van der Waals surface area (Å²) in [7, 11) is 0. The zero-order valence-electron chi connectivity index (χ0n) is 14.8. The van der Waals surface area contributed by atoms with E-state index in [0.717, 1.165) is 35.4 Å². The molecule has 6 heteroatoms. The van der Waals surface area contributed by atoms with E-state index in [-0.39, 0.29) is 5.63 Å². The largest absolute Gasteiger partial charge is 0.463 e. The highest BCUT2D eigenvalue weighted by molar-refractivity contribution is 7.09. The molecule has 0 fully saturated rings. The van der Waals surface area contributed by atoms with Gasteiger partial charge in [-0.05, 0) is 48.2 Å². The molecule has 3 aromatic heterocycles. The van der Waals surface area contributed by atoms with Crippen molar-refractivity contribution in [3.05, 3.63) is 91.3 Å². The van der Waals surface area contributed by atoms with Gasteiger partial charge in [0.25, 0.3) is 0 Å². The lowest BCUT2D eigenvalue weighted by molar-refractivity contribution is -0.941. The third kappa shape index (κ3) is 4.16. The number of nitrogens with one attached hydrogen (secondary N) is 1. The fourth-order valence-corrected chi connectivity index (χ4v) is 4.21. The second-order valence-electron chi connectivity index (χ2n) is 6.63. The van der Waals surface area contributed by atoms with Crippen LogP contribution in [-0.2, 0) is 19.6 Å². The Labute approximate surface area is 165 Å². The van der Waals surface area contributed by atoms with E-state index in [1.807, 2.05) is 31.2 Å². The number of aryl methyl sites for hydroxylation is 1. The second kappa shape index (κ2) is 7.72. The smallest absolute Gasteiger partial charge is 0.336 e. The fraction of sp³-hybridized carbons (Fsp3) is 0.190. The van der Waals surface area contributed by atoms with Gasteiger partial charge in [0.2, 0.25) is 0 Å². The van der Waals surface area contributed by atoms with Gasteiger partial charge in [0, 0.05) is 22.0 Å². The van der Waals surface area contributed by atoms with Crippen LogP contribution in [0.2, 0.25) is 5.02 Å². The molecule has 4 rings (SSSR count). The van der Waals surface area contributed by atoms with Crippen molar-refractivity contribution in [2.75, 3.05) is 0 Å². The zero-order chi connectivity index (χ0) is 18.8. The van der Waals surface area contributed by atoms with Gasteiger partial charge in [0.1, 0.15) is 25.2 Å². The molecule has 138 valence electrons. The van der Waals surface area contributed by atoms with E-state index >= 15 is 0 Å². The monoisotopic (exact) mass is 400 g/mol. The molecule has 0 saturated carbocycles. The van der Waals surface area contributed by atoms with E-state index in [4.69, 9.17) is 20.4 Å². The van der Waals surface area contributed by atoms with Crippen LogP contribution < -0.4 is 10.5 Å². The Balaban J connectivity index is 1.71. The Kier molecular flexibility index (Phi) is 5.16. The van der Waals surface area contributed by atoms with Crippen LogP contribution in [0.4, 0.5) is 0 Å². The van der Waals surface area contributed by atoms with Crippen molar-refractivity contribution in [3.8, 4) is 0 Å². The third-order valence-corrected chi connectivity index (χ3v) is 5.84. The number of quaternary nitrogens is 1. The zero-order valence-corrected chi connectivity index (χ0v) is 16.4. The Morgan fingerprint density at radius 3 is 2.74 bits per heavy atom. The standard InChI is InChI=1S/C21H18ClNO3S/c1-14-8-20-18(10-19(14)22)15(9-21(24)26-20)11-23(12-16-4-2-6-25-16)13-17-5-3-7-27-17/h2-10H,11-13H2,1H3/p+1. The lowest BCUT2D eigenvalue weighted by atomic mass is 10.1. The Hall–Kier alpha value is -2.34. The van der Waals surface area contributed by atoms with Crippen molar-refractivity contribution >= 4 is 33.9 Å². The van der Waals surface area contributed by atoms with Gasteiger partial charge in [-0.1, -0.05) is 17.7 Å². The number of hydrogen-bond donors (Lipinski definition) is 1. The first-order chi connectivity index (χ1) is 13.1. The molecule has 0 aliphatic rings. The molecular weight excluding hydrogens is 382 g/mol. The van der Waals surface area contributed by atoms with E-state index in [9.17, 15) is 4.79 Å². The molecule has 1 N–H and O–H groups in total. The quantitative estimate of drug-likeness (QED) is 0.493. The van der Waals surface area contributed by atoms with Gasteiger partial charge in [0.05, 0.1) is 11.1 Å². The van der Waals surface area contributed by atoms with Gasteiger partial charge in [-0.3, -0.25) is 0 Å². The van der Waals surface area contributed by atoms with Crippen molar-refractivity contribution in [1.29, 1.82) is 0 Å². The Morgan fingerprint density at radius 2 is 2.00 bits per heavy atom. The van der Waals surface area contributed by atoms with Gasteiger partial charge >= 0.3 is 5.63 Å². The summed E-state index contributed by atoms with van der Waals surface area (Å²) in [5.41, 5.74) is 2.06. The van der Waals surface area contributed by atoms with Crippen LogP contribution in [0, 0.1) is 6.92 Å². The second-order valence-corrected chi connectivity index (χ2v) is 8.07. The summed E-state index contributed by atoms with van der Waals surface area (Å²) in [6.07, 6.45) is 1.69. The van der Waals surface area contributed by atoms with Crippen molar-refractivity contribution < 1.29 is 13.7 Å². The first-order valence-corrected chi connectivity index (χ1v) is 9.95. The van der Waals surface area contributed by atoms with Crippen molar-refractivity contribution in [3.63, 3.8) is 0 Å². The van der Waals surface area contributed by atoms with Crippen LogP contribution in [0.1, 0.15) is 21.8 Å². The highest BCUT2D eigenvalue weighted by atomic mass is 35.5. The van der Waals surface area contributed by atoms with Crippen LogP contribution in [0.5, 0.6) is 0 Å². The topological polar surface area (TPSA) is 47.8 Å². The van der Waals surface area contributed by atoms with E-state index in [0.29, 0.717) is 17.2 Å². The van der Waals surface area contributed by atoms with Gasteiger partial charge in [-0.2, -0.15) is 0 Å². The van der Waals surface area contributed by atoms with Gasteiger partial charge in [-0.15, -0.1) is 11.3 Å². The number of halogens is 1. The normalized spacial score (nSPS) is 12.5. The number of rotatable bonds is 6. The van der Waals surface area contributed by atoms with Crippen LogP contribution in [0.25, 0.3) is 11.0 Å². The molecule has 4 aromatic rings. The Bertz CT molecular complexity index is 1060. The minimum Gasteiger partial charge on any atom is -0.463 e. The molecule has 27 heavy (non-hydrogen) atoms. The predicted octanol–water partition coefficient (Wildman–Crippen LogP) is 4.19. The molecule has 3 heterocycles. The number of benzene rings is 1. The summed E-state index contributed by atoms with van der Waals surface area (Å²) in [5, 5.41) is 3.63. The summed E-state index contributed by atoms with van der Waals surface area (Å²) < 4.78 is 10.9. The molecule has 0 aliphatic heterocycles. The molecule has 1 atom stereocenters. The highest BCUT2D eigenvalue weighted by Gasteiger charge is 2.17. The molecule has 0 spiro atoms. The number of hydrogen-bond acceptors (Lipinski definition) is 4. The van der Waals surface area contributed by atoms with Crippen LogP contribution in [0.15, 0.2) is 67.7 Å². The van der Waals surface area contributed by atoms with E-state index in [1.54, 1.807) is 23.7 Å². The maximum Gasteiger partial charge on any atom is 0.336 e. The van der Waals surface area contributed by atoms with Crippen LogP contribution >= 0.6 is 22.9 Å². The van der Waals surface area contributed by atoms with Crippen molar-refractivity contribution in [1.82, 2.24) is 0 Å². The maximum atomic E-state index is 12.1. The van der Waals surface area contributed by atoms with Gasteiger partial charge in [0.15, 0.2) is 5.76 Å².